The van der Waals surface area contributed by atoms with Crippen molar-refractivity contribution < 1.29 is 4.79 Å². The predicted octanol–water partition coefficient (Wildman–Crippen LogP) is 1.44. The molecule has 0 saturated heterocycles. The van der Waals surface area contributed by atoms with E-state index in [-0.39, 0.29) is 29.9 Å². The highest BCUT2D eigenvalue weighted by Crippen LogP contribution is 2.02. The molecule has 0 aliphatic carbocycles. The van der Waals surface area contributed by atoms with Crippen molar-refractivity contribution in [2.45, 2.75) is 6.54 Å². The van der Waals surface area contributed by atoms with Gasteiger partial charge in [-0.05, 0) is 24.3 Å². The molecule has 8 nitrogen and oxygen atoms in total. The normalized spacial score (nSPS) is 10.9. The van der Waals surface area contributed by atoms with Gasteiger partial charge in [0.25, 0.3) is 5.91 Å². The molecule has 0 bridgehead atoms. The second kappa shape index (κ2) is 10.5. The molecule has 9 heteroatoms. The Bertz CT molecular complexity index is 895. The minimum absolute atomic E-state index is 0. The third kappa shape index (κ3) is 5.64. The zero-order chi connectivity index (χ0) is 18.2. The lowest BCUT2D eigenvalue weighted by atomic mass is 10.2. The topological polar surface area (TPSA) is 95.7 Å². The molecule has 0 atom stereocenters. The summed E-state index contributed by atoms with van der Waals surface area (Å²) in [6, 6.07) is 14.9. The van der Waals surface area contributed by atoms with E-state index >= 15 is 0 Å². The molecule has 1 aromatic carbocycles. The Morgan fingerprint density at radius 3 is 2.52 bits per heavy atom. The smallest absolute Gasteiger partial charge is 0.251 e. The molecule has 2 aromatic heterocycles. The van der Waals surface area contributed by atoms with Crippen LogP contribution in [0.3, 0.4) is 0 Å². The van der Waals surface area contributed by atoms with Gasteiger partial charge in [-0.1, -0.05) is 24.3 Å². The van der Waals surface area contributed by atoms with Gasteiger partial charge in [0.2, 0.25) is 0 Å². The van der Waals surface area contributed by atoms with Crippen LogP contribution in [0.5, 0.6) is 0 Å². The molecule has 3 rings (SSSR count). The van der Waals surface area contributed by atoms with Crippen molar-refractivity contribution in [3.05, 3.63) is 66.1 Å². The number of nitrogens with one attached hydrogen (secondary N) is 3. The summed E-state index contributed by atoms with van der Waals surface area (Å²) < 4.78 is 1.92. The van der Waals surface area contributed by atoms with E-state index in [1.54, 1.807) is 19.2 Å². The average Bonchev–Trinajstić information content (AvgIpc) is 3.11. The molecule has 142 valence electrons. The standard InChI is InChI=1S/C18H21N7O.HI/c1-19-18(21-11-10-20-17(26)14-7-3-2-4-8-14)22-13-16-24-23-15-9-5-6-12-25(15)16;/h2-9,12H,10-11,13H2,1H3,(H,20,26)(H2,19,21,22);1H. The van der Waals surface area contributed by atoms with Crippen molar-refractivity contribution in [3.63, 3.8) is 0 Å². The molecule has 3 aromatic rings. The van der Waals surface area contributed by atoms with Crippen LogP contribution in [0.4, 0.5) is 0 Å². The van der Waals surface area contributed by atoms with Gasteiger partial charge in [0.05, 0.1) is 6.54 Å². The molecule has 0 radical (unpaired) electrons. The van der Waals surface area contributed by atoms with Gasteiger partial charge in [-0.2, -0.15) is 0 Å². The summed E-state index contributed by atoms with van der Waals surface area (Å²) in [6.45, 7) is 1.53. The Labute approximate surface area is 174 Å². The van der Waals surface area contributed by atoms with Gasteiger partial charge in [-0.25, -0.2) is 0 Å². The highest BCUT2D eigenvalue weighted by molar-refractivity contribution is 14.0. The molecule has 3 N–H and O–H groups in total. The first-order chi connectivity index (χ1) is 12.8. The van der Waals surface area contributed by atoms with Crippen LogP contribution < -0.4 is 16.0 Å². The SMILES string of the molecule is CN=C(NCCNC(=O)c1ccccc1)NCc1nnc2ccccn12.I. The Kier molecular flexibility index (Phi) is 7.99. The van der Waals surface area contributed by atoms with Crippen LogP contribution >= 0.6 is 24.0 Å². The molecule has 0 fully saturated rings. The van der Waals surface area contributed by atoms with E-state index in [0.717, 1.165) is 11.5 Å². The number of amides is 1. The number of aromatic nitrogens is 3. The van der Waals surface area contributed by atoms with E-state index in [4.69, 9.17) is 0 Å². The fourth-order valence-corrected chi connectivity index (χ4v) is 2.44. The maximum absolute atomic E-state index is 12.0. The Morgan fingerprint density at radius 1 is 1.00 bits per heavy atom. The van der Waals surface area contributed by atoms with Crippen LogP contribution in [0.2, 0.25) is 0 Å². The first-order valence-corrected chi connectivity index (χ1v) is 8.34. The summed E-state index contributed by atoms with van der Waals surface area (Å²) in [5.41, 5.74) is 1.45. The van der Waals surface area contributed by atoms with E-state index in [2.05, 4.69) is 31.1 Å². The molecular formula is C18H22IN7O. The average molecular weight is 479 g/mol. The van der Waals surface area contributed by atoms with Gasteiger partial charge in [0.1, 0.15) is 0 Å². The van der Waals surface area contributed by atoms with Crippen LogP contribution in [-0.2, 0) is 6.54 Å². The van der Waals surface area contributed by atoms with Crippen LogP contribution in [0, 0.1) is 0 Å². The number of hydrogen-bond acceptors (Lipinski definition) is 4. The second-order valence-electron chi connectivity index (χ2n) is 5.52. The number of rotatable bonds is 6. The summed E-state index contributed by atoms with van der Waals surface area (Å²) in [5, 5.41) is 17.5. The number of pyridine rings is 1. The fraction of sp³-hybridized carbons (Fsp3) is 0.222. The number of carbonyl (C=O) groups excluding carboxylic acids is 1. The number of guanidine groups is 1. The number of nitrogens with zero attached hydrogens (tertiary/aromatic N) is 4. The van der Waals surface area contributed by atoms with Crippen molar-refractivity contribution >= 4 is 41.5 Å². The Balaban J connectivity index is 0.00000261. The number of halogens is 1. The number of carbonyl (C=O) groups is 1. The second-order valence-corrected chi connectivity index (χ2v) is 5.52. The van der Waals surface area contributed by atoms with E-state index in [1.165, 1.54) is 0 Å². The number of aliphatic imine (C=N–C) groups is 1. The lowest BCUT2D eigenvalue weighted by molar-refractivity contribution is 0.0954. The van der Waals surface area contributed by atoms with Crippen molar-refractivity contribution in [1.82, 2.24) is 30.5 Å². The van der Waals surface area contributed by atoms with Gasteiger partial charge in [-0.15, -0.1) is 34.2 Å². The summed E-state index contributed by atoms with van der Waals surface area (Å²) >= 11 is 0. The van der Waals surface area contributed by atoms with Crippen LogP contribution in [0.25, 0.3) is 5.65 Å². The third-order valence-corrected chi connectivity index (χ3v) is 3.76. The van der Waals surface area contributed by atoms with Crippen molar-refractivity contribution in [3.8, 4) is 0 Å². The molecule has 0 aliphatic rings. The monoisotopic (exact) mass is 479 g/mol. The summed E-state index contributed by atoms with van der Waals surface area (Å²) in [4.78, 5) is 16.1. The van der Waals surface area contributed by atoms with Crippen LogP contribution in [0.15, 0.2) is 59.7 Å². The highest BCUT2D eigenvalue weighted by atomic mass is 127. The Morgan fingerprint density at radius 2 is 1.74 bits per heavy atom. The molecular weight excluding hydrogens is 457 g/mol. The minimum Gasteiger partial charge on any atom is -0.355 e. The van der Waals surface area contributed by atoms with E-state index < -0.39 is 0 Å². The molecule has 0 saturated carbocycles. The number of fused-ring (bicyclic) bond motifs is 1. The van der Waals surface area contributed by atoms with Gasteiger partial charge >= 0.3 is 0 Å². The summed E-state index contributed by atoms with van der Waals surface area (Å²) in [7, 11) is 1.69. The zero-order valence-corrected chi connectivity index (χ0v) is 17.3. The number of hydrogen-bond donors (Lipinski definition) is 3. The first kappa shape index (κ1) is 20.6. The molecule has 2 heterocycles. The maximum Gasteiger partial charge on any atom is 0.251 e. The third-order valence-electron chi connectivity index (χ3n) is 3.76. The van der Waals surface area contributed by atoms with Crippen LogP contribution in [-0.4, -0.2) is 46.6 Å². The first-order valence-electron chi connectivity index (χ1n) is 8.34. The lowest BCUT2D eigenvalue weighted by Crippen LogP contribution is -2.41. The maximum atomic E-state index is 12.0. The largest absolute Gasteiger partial charge is 0.355 e. The van der Waals surface area contributed by atoms with Gasteiger partial charge in [-0.3, -0.25) is 14.2 Å². The number of benzene rings is 1. The summed E-state index contributed by atoms with van der Waals surface area (Å²) in [5.74, 6) is 1.33. The van der Waals surface area contributed by atoms with Crippen molar-refractivity contribution in [1.29, 1.82) is 0 Å². The quantitative estimate of drug-likeness (QED) is 0.215. The van der Waals surface area contributed by atoms with Gasteiger partial charge in [0.15, 0.2) is 17.4 Å². The van der Waals surface area contributed by atoms with E-state index in [1.807, 2.05) is 47.0 Å². The molecule has 0 unspecified atom stereocenters. The van der Waals surface area contributed by atoms with Gasteiger partial charge < -0.3 is 16.0 Å². The molecule has 0 aliphatic heterocycles. The molecule has 1 amide bonds. The lowest BCUT2D eigenvalue weighted by Gasteiger charge is -2.11. The molecule has 0 spiro atoms. The minimum atomic E-state index is -0.0923. The highest BCUT2D eigenvalue weighted by Gasteiger charge is 2.06. The van der Waals surface area contributed by atoms with Crippen molar-refractivity contribution in [2.75, 3.05) is 20.1 Å². The Hall–Kier alpha value is -2.69. The van der Waals surface area contributed by atoms with Crippen molar-refractivity contribution in [2.24, 2.45) is 4.99 Å². The van der Waals surface area contributed by atoms with Gasteiger partial charge in [0, 0.05) is 31.9 Å². The van der Waals surface area contributed by atoms with E-state index in [0.29, 0.717) is 31.2 Å². The van der Waals surface area contributed by atoms with Crippen LogP contribution in [0.1, 0.15) is 16.2 Å². The van der Waals surface area contributed by atoms with E-state index in [9.17, 15) is 4.79 Å². The fourth-order valence-electron chi connectivity index (χ4n) is 2.44. The summed E-state index contributed by atoms with van der Waals surface area (Å²) in [6.07, 6.45) is 1.92. The zero-order valence-electron chi connectivity index (χ0n) is 14.9. The molecule has 27 heavy (non-hydrogen) atoms. The predicted molar refractivity (Wildman–Crippen MR) is 115 cm³/mol.